The maximum absolute atomic E-state index is 13.4. The summed E-state index contributed by atoms with van der Waals surface area (Å²) in [5.74, 6) is -0.707. The zero-order chi connectivity index (χ0) is 21.5. The minimum absolute atomic E-state index is 0.204. The molecule has 1 aliphatic rings. The summed E-state index contributed by atoms with van der Waals surface area (Å²) in [6, 6.07) is 8.84. The van der Waals surface area contributed by atoms with Crippen molar-refractivity contribution in [2.24, 2.45) is 0 Å². The number of aromatic nitrogens is 3. The molecule has 0 saturated carbocycles. The first-order chi connectivity index (χ1) is 15.1. The number of fused-ring (bicyclic) bond motifs is 2. The van der Waals surface area contributed by atoms with E-state index in [1.165, 1.54) is 28.0 Å². The first-order valence-corrected chi connectivity index (χ1v) is 10.9. The number of nitrogens with two attached hydrogens (primary N) is 1. The van der Waals surface area contributed by atoms with Crippen molar-refractivity contribution in [2.45, 2.75) is 32.1 Å². The predicted octanol–water partition coefficient (Wildman–Crippen LogP) is 2.73. The van der Waals surface area contributed by atoms with Crippen LogP contribution in [0.2, 0.25) is 0 Å². The molecule has 1 aliphatic carbocycles. The summed E-state index contributed by atoms with van der Waals surface area (Å²) in [7, 11) is 1.56. The van der Waals surface area contributed by atoms with Gasteiger partial charge in [0.15, 0.2) is 5.95 Å². The van der Waals surface area contributed by atoms with E-state index < -0.39 is 11.7 Å². The van der Waals surface area contributed by atoms with E-state index in [4.69, 9.17) is 20.0 Å². The number of carbonyl (C=O) groups is 1. The minimum Gasteiger partial charge on any atom is -0.539 e. The summed E-state index contributed by atoms with van der Waals surface area (Å²) >= 11 is 1.20. The molecule has 5 rings (SSSR count). The summed E-state index contributed by atoms with van der Waals surface area (Å²) < 4.78 is 11.2. The number of hydrogen-bond donors (Lipinski definition) is 1. The van der Waals surface area contributed by atoms with Gasteiger partial charge in [-0.3, -0.25) is 4.79 Å². The summed E-state index contributed by atoms with van der Waals surface area (Å²) in [5.41, 5.74) is 9.27. The SMILES string of the molecule is COc1ccc(-[n+]2noc([O-])c2C(=O)c2sc3nc4c(cc3c2N)CCCCC4)cc1. The summed E-state index contributed by atoms with van der Waals surface area (Å²) in [6.45, 7) is 0. The number of aryl methyl sites for hydroxylation is 2. The first kappa shape index (κ1) is 19.5. The van der Waals surface area contributed by atoms with E-state index in [2.05, 4.69) is 11.3 Å². The van der Waals surface area contributed by atoms with Crippen molar-refractivity contribution in [3.63, 3.8) is 0 Å². The first-order valence-electron chi connectivity index (χ1n) is 10.1. The third-order valence-corrected chi connectivity index (χ3v) is 6.71. The van der Waals surface area contributed by atoms with Crippen LogP contribution in [0.1, 0.15) is 45.9 Å². The Morgan fingerprint density at radius 1 is 1.23 bits per heavy atom. The van der Waals surface area contributed by atoms with Gasteiger partial charge in [0.2, 0.25) is 5.69 Å². The Hall–Kier alpha value is -3.46. The van der Waals surface area contributed by atoms with Gasteiger partial charge in [-0.2, -0.15) is 0 Å². The second-order valence-electron chi connectivity index (χ2n) is 7.50. The van der Waals surface area contributed by atoms with Gasteiger partial charge >= 0.3 is 5.69 Å². The van der Waals surface area contributed by atoms with Crippen LogP contribution in [0.25, 0.3) is 15.9 Å². The zero-order valence-corrected chi connectivity index (χ0v) is 17.7. The highest BCUT2D eigenvalue weighted by atomic mass is 32.1. The number of benzene rings is 1. The molecule has 3 heterocycles. The number of ketones is 1. The topological polar surface area (TPSA) is 118 Å². The lowest BCUT2D eigenvalue weighted by Crippen LogP contribution is -2.39. The second kappa shape index (κ2) is 7.66. The molecule has 0 unspecified atom stereocenters. The summed E-state index contributed by atoms with van der Waals surface area (Å²) in [5, 5.41) is 16.9. The fourth-order valence-electron chi connectivity index (χ4n) is 3.95. The largest absolute Gasteiger partial charge is 0.539 e. The van der Waals surface area contributed by atoms with Crippen LogP contribution in [0.15, 0.2) is 34.9 Å². The van der Waals surface area contributed by atoms with Crippen molar-refractivity contribution in [2.75, 3.05) is 12.8 Å². The van der Waals surface area contributed by atoms with Crippen LogP contribution in [-0.4, -0.2) is 23.1 Å². The fraction of sp³-hybridized carbons (Fsp3) is 0.273. The van der Waals surface area contributed by atoms with E-state index in [0.717, 1.165) is 36.8 Å². The Morgan fingerprint density at radius 3 is 2.77 bits per heavy atom. The van der Waals surface area contributed by atoms with Crippen molar-refractivity contribution in [1.29, 1.82) is 0 Å². The predicted molar refractivity (Wildman–Crippen MR) is 113 cm³/mol. The van der Waals surface area contributed by atoms with Crippen molar-refractivity contribution in [3.05, 3.63) is 52.2 Å². The standard InChI is InChI=1S/C22H20N4O4S/c1-29-14-9-7-13(8-10-14)26-18(22(28)30-25-26)19(27)20-17(23)15-11-12-5-3-2-4-6-16(12)24-21(15)31-20/h7-11H,2-6H2,1H3,(H2-,23,25,27,28). The minimum atomic E-state index is -0.818. The van der Waals surface area contributed by atoms with E-state index in [0.29, 0.717) is 22.0 Å². The molecule has 0 radical (unpaired) electrons. The van der Waals surface area contributed by atoms with Crippen LogP contribution in [-0.2, 0) is 12.8 Å². The fourth-order valence-corrected chi connectivity index (χ4v) is 4.99. The molecule has 9 heteroatoms. The number of nitrogen functional groups attached to an aromatic ring is 1. The van der Waals surface area contributed by atoms with E-state index >= 15 is 0 Å². The molecule has 0 saturated heterocycles. The quantitative estimate of drug-likeness (QED) is 0.297. The van der Waals surface area contributed by atoms with Gasteiger partial charge in [-0.1, -0.05) is 6.42 Å². The monoisotopic (exact) mass is 436 g/mol. The molecule has 4 aromatic rings. The van der Waals surface area contributed by atoms with Gasteiger partial charge in [-0.05, 0) is 54.1 Å². The Kier molecular flexibility index (Phi) is 4.82. The van der Waals surface area contributed by atoms with Gasteiger partial charge in [0.25, 0.3) is 5.78 Å². The van der Waals surface area contributed by atoms with Crippen molar-refractivity contribution < 1.29 is 23.8 Å². The molecular formula is C22H20N4O4S. The third kappa shape index (κ3) is 3.31. The normalized spacial score (nSPS) is 13.7. The van der Waals surface area contributed by atoms with Gasteiger partial charge in [0.1, 0.15) is 15.5 Å². The van der Waals surface area contributed by atoms with Crippen LogP contribution in [0.3, 0.4) is 0 Å². The number of ether oxygens (including phenoxy) is 1. The average molecular weight is 436 g/mol. The lowest BCUT2D eigenvalue weighted by molar-refractivity contribution is -0.672. The number of nitrogens with zero attached hydrogens (tertiary/aromatic N) is 3. The maximum Gasteiger partial charge on any atom is 0.312 e. The Bertz CT molecular complexity index is 1290. The van der Waals surface area contributed by atoms with Gasteiger partial charge < -0.3 is 20.1 Å². The number of hydrogen-bond acceptors (Lipinski definition) is 8. The molecule has 3 aromatic heterocycles. The van der Waals surface area contributed by atoms with E-state index in [9.17, 15) is 9.90 Å². The molecule has 31 heavy (non-hydrogen) atoms. The van der Waals surface area contributed by atoms with Gasteiger partial charge in [-0.15, -0.1) is 11.3 Å². The molecule has 158 valence electrons. The molecular weight excluding hydrogens is 416 g/mol. The van der Waals surface area contributed by atoms with Crippen LogP contribution < -0.4 is 20.3 Å². The Balaban J connectivity index is 1.59. The highest BCUT2D eigenvalue weighted by Gasteiger charge is 2.32. The molecule has 0 bridgehead atoms. The molecule has 0 amide bonds. The molecule has 8 nitrogen and oxygen atoms in total. The van der Waals surface area contributed by atoms with E-state index in [-0.39, 0.29) is 10.6 Å². The lowest BCUT2D eigenvalue weighted by atomic mass is 10.1. The van der Waals surface area contributed by atoms with E-state index in [1.54, 1.807) is 31.4 Å². The number of pyridine rings is 1. The summed E-state index contributed by atoms with van der Waals surface area (Å²) in [6.07, 6.45) is 5.32. The smallest absolute Gasteiger partial charge is 0.312 e. The van der Waals surface area contributed by atoms with Crippen LogP contribution in [0, 0.1) is 0 Å². The number of methoxy groups -OCH3 is 1. The van der Waals surface area contributed by atoms with Crippen molar-refractivity contribution >= 4 is 33.0 Å². The molecule has 0 atom stereocenters. The number of anilines is 1. The maximum atomic E-state index is 13.4. The van der Waals surface area contributed by atoms with Crippen LogP contribution in [0.4, 0.5) is 5.69 Å². The third-order valence-electron chi connectivity index (χ3n) is 5.60. The second-order valence-corrected chi connectivity index (χ2v) is 8.50. The number of carbonyl (C=O) groups excluding carboxylic acids is 1. The highest BCUT2D eigenvalue weighted by molar-refractivity contribution is 7.21. The van der Waals surface area contributed by atoms with Crippen LogP contribution in [0.5, 0.6) is 11.7 Å². The number of rotatable bonds is 4. The van der Waals surface area contributed by atoms with Gasteiger partial charge in [0.05, 0.1) is 18.1 Å². The summed E-state index contributed by atoms with van der Waals surface area (Å²) in [4.78, 5) is 19.1. The lowest BCUT2D eigenvalue weighted by Gasteiger charge is -2.04. The van der Waals surface area contributed by atoms with Crippen molar-refractivity contribution in [3.8, 4) is 17.4 Å². The molecule has 0 fully saturated rings. The molecule has 2 N–H and O–H groups in total. The Labute approximate surface area is 181 Å². The zero-order valence-electron chi connectivity index (χ0n) is 16.9. The van der Waals surface area contributed by atoms with Crippen molar-refractivity contribution in [1.82, 2.24) is 10.3 Å². The van der Waals surface area contributed by atoms with Crippen LogP contribution >= 0.6 is 11.3 Å². The average Bonchev–Trinajstić information content (AvgIpc) is 3.22. The molecule has 0 aliphatic heterocycles. The van der Waals surface area contributed by atoms with E-state index in [1.807, 2.05) is 0 Å². The molecule has 0 spiro atoms. The highest BCUT2D eigenvalue weighted by Crippen LogP contribution is 2.36. The molecule has 1 aromatic carbocycles. The number of thiophene rings is 1. The van der Waals surface area contributed by atoms with Gasteiger partial charge in [0, 0.05) is 23.2 Å². The Morgan fingerprint density at radius 2 is 2.00 bits per heavy atom. The van der Waals surface area contributed by atoms with Gasteiger partial charge in [-0.25, -0.2) is 4.98 Å².